The number of rotatable bonds is 4. The molecule has 1 amide bonds. The van der Waals surface area contributed by atoms with Crippen molar-refractivity contribution in [3.05, 3.63) is 47.1 Å². The highest BCUT2D eigenvalue weighted by Crippen LogP contribution is 2.24. The summed E-state index contributed by atoms with van der Waals surface area (Å²) in [6.45, 7) is 2.01. The lowest BCUT2D eigenvalue weighted by Gasteiger charge is -2.05. The van der Waals surface area contributed by atoms with Crippen molar-refractivity contribution in [1.29, 1.82) is 0 Å². The highest BCUT2D eigenvalue weighted by molar-refractivity contribution is 9.10. The van der Waals surface area contributed by atoms with E-state index in [4.69, 9.17) is 9.47 Å². The summed E-state index contributed by atoms with van der Waals surface area (Å²) >= 11 is 3.37. The number of hydrogen-bond acceptors (Lipinski definition) is 5. The normalized spacial score (nSPS) is 10.5. The van der Waals surface area contributed by atoms with Gasteiger partial charge < -0.3 is 9.47 Å². The largest absolute Gasteiger partial charge is 0.457 e. The molecule has 1 N–H and O–H groups in total. The van der Waals surface area contributed by atoms with Crippen molar-refractivity contribution in [3.63, 3.8) is 0 Å². The Morgan fingerprint density at radius 1 is 1.26 bits per heavy atom. The van der Waals surface area contributed by atoms with Crippen molar-refractivity contribution in [2.75, 3.05) is 11.9 Å². The molecule has 0 spiro atoms. The van der Waals surface area contributed by atoms with Crippen LogP contribution in [0.15, 0.2) is 47.1 Å². The molecular weight excluding hydrogens is 364 g/mol. The summed E-state index contributed by atoms with van der Waals surface area (Å²) in [5, 5.41) is 6.58. The molecule has 2 heterocycles. The van der Waals surface area contributed by atoms with E-state index >= 15 is 0 Å². The highest BCUT2D eigenvalue weighted by atomic mass is 79.9. The van der Waals surface area contributed by atoms with Crippen LogP contribution in [0.25, 0.3) is 5.65 Å². The van der Waals surface area contributed by atoms with Gasteiger partial charge in [0.25, 0.3) is 5.95 Å². The zero-order valence-corrected chi connectivity index (χ0v) is 13.8. The Bertz CT molecular complexity index is 832. The van der Waals surface area contributed by atoms with Crippen LogP contribution in [0, 0.1) is 0 Å². The fourth-order valence-electron chi connectivity index (χ4n) is 1.88. The Balaban J connectivity index is 1.78. The van der Waals surface area contributed by atoms with Crippen LogP contribution in [0.3, 0.4) is 0 Å². The maximum Gasteiger partial charge on any atom is 0.414 e. The zero-order valence-electron chi connectivity index (χ0n) is 12.2. The predicted octanol–water partition coefficient (Wildman–Crippen LogP) is 3.85. The summed E-state index contributed by atoms with van der Waals surface area (Å²) in [6, 6.07) is 11.0. The molecule has 0 aliphatic heterocycles. The van der Waals surface area contributed by atoms with Gasteiger partial charge in [0, 0.05) is 16.7 Å². The monoisotopic (exact) mass is 376 g/mol. The minimum Gasteiger partial charge on any atom is -0.457 e. The van der Waals surface area contributed by atoms with Crippen molar-refractivity contribution in [1.82, 2.24) is 14.6 Å². The number of benzene rings is 1. The average molecular weight is 377 g/mol. The van der Waals surface area contributed by atoms with E-state index in [1.165, 1.54) is 4.52 Å². The minimum atomic E-state index is -0.588. The average Bonchev–Trinajstić information content (AvgIpc) is 2.91. The summed E-state index contributed by atoms with van der Waals surface area (Å²) in [5.41, 5.74) is 0.548. The number of carbonyl (C=O) groups excluding carboxylic acids is 1. The van der Waals surface area contributed by atoms with E-state index in [-0.39, 0.29) is 12.6 Å². The molecule has 7 nitrogen and oxygen atoms in total. The van der Waals surface area contributed by atoms with Crippen LogP contribution in [0.5, 0.6) is 11.5 Å². The molecule has 0 atom stereocenters. The topological polar surface area (TPSA) is 77.8 Å². The van der Waals surface area contributed by atoms with Crippen LogP contribution < -0.4 is 10.1 Å². The molecule has 8 heteroatoms. The van der Waals surface area contributed by atoms with E-state index in [1.807, 2.05) is 24.3 Å². The van der Waals surface area contributed by atoms with Gasteiger partial charge in [-0.3, -0.25) is 5.32 Å². The molecule has 0 saturated carbocycles. The molecule has 118 valence electrons. The second-order valence-electron chi connectivity index (χ2n) is 4.50. The fourth-order valence-corrected chi connectivity index (χ4v) is 2.14. The van der Waals surface area contributed by atoms with Gasteiger partial charge in [-0.1, -0.05) is 15.9 Å². The van der Waals surface area contributed by atoms with Crippen molar-refractivity contribution in [2.24, 2.45) is 0 Å². The molecule has 1 aromatic carbocycles. The third-order valence-electron chi connectivity index (χ3n) is 2.85. The Labute approximate surface area is 140 Å². The van der Waals surface area contributed by atoms with Gasteiger partial charge in [0.1, 0.15) is 11.5 Å². The number of pyridine rings is 1. The zero-order chi connectivity index (χ0) is 16.2. The number of nitrogens with zero attached hydrogens (tertiary/aromatic N) is 3. The molecule has 0 bridgehead atoms. The summed E-state index contributed by atoms with van der Waals surface area (Å²) in [5.74, 6) is 1.50. The summed E-state index contributed by atoms with van der Waals surface area (Å²) in [6.07, 6.45) is 1.11. The summed E-state index contributed by atoms with van der Waals surface area (Å²) in [4.78, 5) is 15.6. The van der Waals surface area contributed by atoms with Crippen LogP contribution in [-0.2, 0) is 4.74 Å². The Kier molecular flexibility index (Phi) is 4.42. The second kappa shape index (κ2) is 6.66. The van der Waals surface area contributed by atoms with Gasteiger partial charge in [-0.2, -0.15) is 4.98 Å². The van der Waals surface area contributed by atoms with Crippen molar-refractivity contribution < 1.29 is 14.3 Å². The number of nitrogens with one attached hydrogen (secondary N) is 1. The molecule has 0 aliphatic carbocycles. The van der Waals surface area contributed by atoms with Crippen molar-refractivity contribution in [2.45, 2.75) is 6.92 Å². The third-order valence-corrected chi connectivity index (χ3v) is 3.38. The number of ether oxygens (including phenoxy) is 2. The Morgan fingerprint density at radius 2 is 2.04 bits per heavy atom. The molecule has 0 saturated heterocycles. The lowest BCUT2D eigenvalue weighted by Crippen LogP contribution is -2.14. The first-order valence-corrected chi connectivity index (χ1v) is 7.67. The molecule has 0 fully saturated rings. The van der Waals surface area contributed by atoms with E-state index in [1.54, 1.807) is 25.3 Å². The highest BCUT2D eigenvalue weighted by Gasteiger charge is 2.09. The molecule has 23 heavy (non-hydrogen) atoms. The van der Waals surface area contributed by atoms with Crippen LogP contribution >= 0.6 is 15.9 Å². The summed E-state index contributed by atoms with van der Waals surface area (Å²) in [7, 11) is 0. The lowest BCUT2D eigenvalue weighted by molar-refractivity contribution is 0.167. The van der Waals surface area contributed by atoms with Gasteiger partial charge in [0.05, 0.1) is 6.61 Å². The number of amides is 1. The van der Waals surface area contributed by atoms with Gasteiger partial charge in [0.2, 0.25) is 0 Å². The predicted molar refractivity (Wildman–Crippen MR) is 87.8 cm³/mol. The number of fused-ring (bicyclic) bond motifs is 1. The quantitative estimate of drug-likeness (QED) is 0.747. The van der Waals surface area contributed by atoms with Gasteiger partial charge in [-0.05, 0) is 37.3 Å². The lowest BCUT2D eigenvalue weighted by atomic mass is 10.3. The van der Waals surface area contributed by atoms with Crippen molar-refractivity contribution >= 4 is 33.6 Å². The molecule has 0 aliphatic rings. The number of halogens is 1. The maximum atomic E-state index is 11.4. The van der Waals surface area contributed by atoms with Crippen LogP contribution in [0.4, 0.5) is 10.7 Å². The number of aromatic nitrogens is 3. The first-order valence-electron chi connectivity index (χ1n) is 6.87. The first kappa shape index (κ1) is 15.3. The van der Waals surface area contributed by atoms with Crippen LogP contribution in [0.2, 0.25) is 0 Å². The van der Waals surface area contributed by atoms with Gasteiger partial charge in [0.15, 0.2) is 5.65 Å². The van der Waals surface area contributed by atoms with Crippen LogP contribution in [-0.4, -0.2) is 27.3 Å². The molecule has 3 rings (SSSR count). The molecule has 2 aromatic heterocycles. The first-order chi connectivity index (χ1) is 11.1. The van der Waals surface area contributed by atoms with Gasteiger partial charge in [-0.25, -0.2) is 9.31 Å². The number of hydrogen-bond donors (Lipinski definition) is 1. The SMILES string of the molecule is CCOC(=O)Nc1nc2cc(Oc3ccc(Br)cc3)ccn2n1. The van der Waals surface area contributed by atoms with Crippen LogP contribution in [0.1, 0.15) is 6.92 Å². The van der Waals surface area contributed by atoms with E-state index in [9.17, 15) is 4.79 Å². The van der Waals surface area contributed by atoms with E-state index in [0.717, 1.165) is 4.47 Å². The standard InChI is InChI=1S/C15H13BrN4O3/c1-2-22-15(21)18-14-17-13-9-12(7-8-20(13)19-14)23-11-5-3-10(16)4-6-11/h3-9H,2H2,1H3,(H,18,19,21). The Hall–Kier alpha value is -2.61. The van der Waals surface area contributed by atoms with Crippen molar-refractivity contribution in [3.8, 4) is 11.5 Å². The molecule has 0 radical (unpaired) electrons. The summed E-state index contributed by atoms with van der Waals surface area (Å²) < 4.78 is 13.1. The Morgan fingerprint density at radius 3 is 2.78 bits per heavy atom. The smallest absolute Gasteiger partial charge is 0.414 e. The molecule has 0 unspecified atom stereocenters. The van der Waals surface area contributed by atoms with E-state index < -0.39 is 6.09 Å². The third kappa shape index (κ3) is 3.78. The number of carbonyl (C=O) groups is 1. The van der Waals surface area contributed by atoms with Gasteiger partial charge >= 0.3 is 6.09 Å². The second-order valence-corrected chi connectivity index (χ2v) is 5.42. The minimum absolute atomic E-state index is 0.171. The molecular formula is C15H13BrN4O3. The fraction of sp³-hybridized carbons (Fsp3) is 0.133. The van der Waals surface area contributed by atoms with E-state index in [0.29, 0.717) is 17.1 Å². The number of anilines is 1. The van der Waals surface area contributed by atoms with E-state index in [2.05, 4.69) is 31.3 Å². The van der Waals surface area contributed by atoms with Gasteiger partial charge in [-0.15, -0.1) is 5.10 Å². The molecule has 3 aromatic rings. The maximum absolute atomic E-state index is 11.4.